The number of nitrogens with zero attached hydrogens (tertiary/aromatic N) is 3. The van der Waals surface area contributed by atoms with Gasteiger partial charge in [0.15, 0.2) is 0 Å². The lowest BCUT2D eigenvalue weighted by atomic mass is 10.1. The molecule has 2 aromatic rings. The summed E-state index contributed by atoms with van der Waals surface area (Å²) in [5.41, 5.74) is 7.83. The summed E-state index contributed by atoms with van der Waals surface area (Å²) in [5.74, 6) is -0.0142. The maximum atomic E-state index is 12.9. The van der Waals surface area contributed by atoms with Crippen LogP contribution in [0.25, 0.3) is 0 Å². The van der Waals surface area contributed by atoms with Crippen LogP contribution in [0.4, 0.5) is 0 Å². The van der Waals surface area contributed by atoms with Crippen molar-refractivity contribution in [2.75, 3.05) is 13.1 Å². The van der Waals surface area contributed by atoms with E-state index in [4.69, 9.17) is 5.73 Å². The van der Waals surface area contributed by atoms with E-state index in [9.17, 15) is 16.8 Å². The van der Waals surface area contributed by atoms with Gasteiger partial charge in [0.1, 0.15) is 11.7 Å². The molecule has 8 nitrogen and oxygen atoms in total. The van der Waals surface area contributed by atoms with Crippen LogP contribution in [0.3, 0.4) is 0 Å². The van der Waals surface area contributed by atoms with Gasteiger partial charge >= 0.3 is 0 Å². The van der Waals surface area contributed by atoms with E-state index in [-0.39, 0.29) is 27.9 Å². The highest BCUT2D eigenvalue weighted by Gasteiger charge is 2.22. The smallest absolute Gasteiger partial charge is 0.283 e. The van der Waals surface area contributed by atoms with Gasteiger partial charge in [-0.2, -0.15) is 16.8 Å². The average molecular weight is 477 g/mol. The Morgan fingerprint density at radius 2 is 1.22 bits per heavy atom. The van der Waals surface area contributed by atoms with Gasteiger partial charge in [-0.1, -0.05) is 35.4 Å². The summed E-state index contributed by atoms with van der Waals surface area (Å²) in [6, 6.07) is 12.7. The van der Waals surface area contributed by atoms with Crippen LogP contribution in [0.1, 0.15) is 36.8 Å². The molecule has 172 valence electrons. The molecule has 32 heavy (non-hydrogen) atoms. The number of hydrogen-bond acceptors (Lipinski definition) is 4. The van der Waals surface area contributed by atoms with Crippen LogP contribution in [0.2, 0.25) is 0 Å². The molecule has 0 amide bonds. The Bertz CT molecular complexity index is 1210. The highest BCUT2D eigenvalue weighted by Crippen LogP contribution is 2.18. The summed E-state index contributed by atoms with van der Waals surface area (Å²) >= 11 is 0. The first-order valence-electron chi connectivity index (χ1n) is 10.4. The molecule has 0 aromatic heterocycles. The molecule has 0 atom stereocenters. The van der Waals surface area contributed by atoms with Gasteiger partial charge in [0.2, 0.25) is 0 Å². The second-order valence-electron chi connectivity index (χ2n) is 7.89. The molecule has 0 aliphatic carbocycles. The van der Waals surface area contributed by atoms with Gasteiger partial charge in [-0.05, 0) is 57.4 Å². The highest BCUT2D eigenvalue weighted by atomic mass is 32.2. The van der Waals surface area contributed by atoms with Gasteiger partial charge < -0.3 is 10.6 Å². The third kappa shape index (κ3) is 6.17. The number of piperidine rings is 1. The molecule has 2 N–H and O–H groups in total. The molecule has 1 fully saturated rings. The molecule has 0 radical (unpaired) electrons. The second-order valence-corrected chi connectivity index (χ2v) is 11.1. The third-order valence-corrected chi connectivity index (χ3v) is 7.82. The van der Waals surface area contributed by atoms with Crippen LogP contribution < -0.4 is 5.73 Å². The van der Waals surface area contributed by atoms with E-state index in [2.05, 4.69) is 8.80 Å². The number of nitrogens with two attached hydrogens (primary N) is 1. The molecule has 1 aliphatic heterocycles. The van der Waals surface area contributed by atoms with E-state index in [1.165, 1.54) is 24.3 Å². The fraction of sp³-hybridized carbons (Fsp3) is 0.364. The molecule has 3 rings (SSSR count). The van der Waals surface area contributed by atoms with Crippen molar-refractivity contribution in [1.82, 2.24) is 4.90 Å². The second kappa shape index (κ2) is 9.83. The van der Waals surface area contributed by atoms with Crippen molar-refractivity contribution in [2.45, 2.75) is 49.3 Å². The zero-order valence-corrected chi connectivity index (χ0v) is 19.9. The topological polar surface area (TPSA) is 122 Å². The number of amidine groups is 2. The van der Waals surface area contributed by atoms with E-state index >= 15 is 0 Å². The first kappa shape index (κ1) is 23.9. The molecule has 0 saturated carbocycles. The Morgan fingerprint density at radius 3 is 1.69 bits per heavy atom. The summed E-state index contributed by atoms with van der Waals surface area (Å²) < 4.78 is 58.8. The van der Waals surface area contributed by atoms with E-state index in [1.54, 1.807) is 24.3 Å². The molecular weight excluding hydrogens is 448 g/mol. The van der Waals surface area contributed by atoms with Crippen molar-refractivity contribution in [3.63, 3.8) is 0 Å². The van der Waals surface area contributed by atoms with Gasteiger partial charge in [0.25, 0.3) is 20.0 Å². The number of rotatable bonds is 6. The Balaban J connectivity index is 1.93. The third-order valence-electron chi connectivity index (χ3n) is 5.16. The fourth-order valence-corrected chi connectivity index (χ4v) is 5.37. The maximum absolute atomic E-state index is 12.9. The van der Waals surface area contributed by atoms with E-state index in [1.807, 2.05) is 18.7 Å². The number of hydrogen-bond donors (Lipinski definition) is 1. The molecule has 2 aromatic carbocycles. The predicted molar refractivity (Wildman–Crippen MR) is 126 cm³/mol. The number of likely N-dealkylation sites (tertiary alicyclic amines) is 1. The Hall–Kier alpha value is -2.72. The SMILES string of the molecule is Cc1ccc(S(=O)(=O)/N=C(\N)C/C(=N/S(=O)(=O)c2ccc(C)cc2)N2CCCCC2)cc1. The lowest BCUT2D eigenvalue weighted by molar-refractivity contribution is 0.339. The van der Waals surface area contributed by atoms with Crippen molar-refractivity contribution >= 4 is 31.7 Å². The van der Waals surface area contributed by atoms with Crippen molar-refractivity contribution in [3.05, 3.63) is 59.7 Å². The van der Waals surface area contributed by atoms with Gasteiger partial charge in [0.05, 0.1) is 16.2 Å². The highest BCUT2D eigenvalue weighted by molar-refractivity contribution is 7.90. The normalized spacial score (nSPS) is 16.2. The maximum Gasteiger partial charge on any atom is 0.283 e. The molecule has 1 heterocycles. The average Bonchev–Trinajstić information content (AvgIpc) is 2.74. The van der Waals surface area contributed by atoms with Crippen LogP contribution in [0.5, 0.6) is 0 Å². The van der Waals surface area contributed by atoms with Crippen LogP contribution >= 0.6 is 0 Å². The van der Waals surface area contributed by atoms with E-state index < -0.39 is 20.0 Å². The summed E-state index contributed by atoms with van der Waals surface area (Å²) in [5, 5.41) is 0. The number of sulfonamides is 2. The molecular formula is C22H28N4O4S2. The van der Waals surface area contributed by atoms with Crippen molar-refractivity contribution in [3.8, 4) is 0 Å². The minimum absolute atomic E-state index is 0.0230. The Kier molecular flexibility index (Phi) is 7.35. The van der Waals surface area contributed by atoms with Crippen molar-refractivity contribution < 1.29 is 16.8 Å². The molecule has 0 unspecified atom stereocenters. The fourth-order valence-electron chi connectivity index (χ4n) is 3.37. The van der Waals surface area contributed by atoms with E-state index in [0.717, 1.165) is 30.4 Å². The first-order valence-corrected chi connectivity index (χ1v) is 13.3. The number of aryl methyl sites for hydroxylation is 2. The Labute approximate surface area is 190 Å². The van der Waals surface area contributed by atoms with Gasteiger partial charge in [-0.3, -0.25) is 0 Å². The minimum Gasteiger partial charge on any atom is -0.386 e. The van der Waals surface area contributed by atoms with Crippen molar-refractivity contribution in [1.29, 1.82) is 0 Å². The van der Waals surface area contributed by atoms with Crippen LogP contribution in [-0.2, 0) is 20.0 Å². The lowest BCUT2D eigenvalue weighted by Gasteiger charge is -2.29. The first-order chi connectivity index (χ1) is 15.1. The van der Waals surface area contributed by atoms with E-state index in [0.29, 0.717) is 13.1 Å². The Morgan fingerprint density at radius 1 is 0.781 bits per heavy atom. The quantitative estimate of drug-likeness (QED) is 0.505. The monoisotopic (exact) mass is 476 g/mol. The molecule has 1 saturated heterocycles. The summed E-state index contributed by atoms with van der Waals surface area (Å²) in [7, 11) is -8.00. The summed E-state index contributed by atoms with van der Waals surface area (Å²) in [4.78, 5) is 1.94. The predicted octanol–water partition coefficient (Wildman–Crippen LogP) is 3.01. The zero-order chi connectivity index (χ0) is 23.4. The molecule has 0 bridgehead atoms. The van der Waals surface area contributed by atoms with Crippen LogP contribution in [0, 0.1) is 13.8 Å². The largest absolute Gasteiger partial charge is 0.386 e. The van der Waals surface area contributed by atoms with Crippen molar-refractivity contribution in [2.24, 2.45) is 14.5 Å². The lowest BCUT2D eigenvalue weighted by Crippen LogP contribution is -2.38. The molecule has 1 aliphatic rings. The standard InChI is InChI=1S/C22H28N4O4S2/c1-17-6-10-19(11-7-17)31(27,28)24-21(23)16-22(26-14-4-3-5-15-26)25-32(29,30)20-12-8-18(2)9-13-20/h6-13H,3-5,14-16H2,1-2H3,(H2,23,24)/b25-22-. The molecule has 10 heteroatoms. The summed E-state index contributed by atoms with van der Waals surface area (Å²) in [6.07, 6.45) is 2.64. The van der Waals surface area contributed by atoms with Gasteiger partial charge in [-0.15, -0.1) is 8.80 Å². The molecule has 0 spiro atoms. The van der Waals surface area contributed by atoms with Gasteiger partial charge in [0, 0.05) is 13.1 Å². The zero-order valence-electron chi connectivity index (χ0n) is 18.2. The van der Waals surface area contributed by atoms with Crippen LogP contribution in [0.15, 0.2) is 67.1 Å². The summed E-state index contributed by atoms with van der Waals surface area (Å²) in [6.45, 7) is 4.97. The van der Waals surface area contributed by atoms with Gasteiger partial charge in [-0.25, -0.2) is 0 Å². The number of benzene rings is 2. The minimum atomic E-state index is -4.01. The van der Waals surface area contributed by atoms with Crippen LogP contribution in [-0.4, -0.2) is 46.5 Å².